The van der Waals surface area contributed by atoms with Crippen molar-refractivity contribution in [3.63, 3.8) is 0 Å². The third-order valence-electron chi connectivity index (χ3n) is 5.74. The topological polar surface area (TPSA) is 61.0 Å². The van der Waals surface area contributed by atoms with Crippen molar-refractivity contribution in [2.45, 2.75) is 67.3 Å². The summed E-state index contributed by atoms with van der Waals surface area (Å²) in [5.74, 6) is 2.11. The first kappa shape index (κ1) is 17.8. The molecule has 7 heteroatoms. The lowest BCUT2D eigenvalue weighted by Gasteiger charge is -2.23. The van der Waals surface area contributed by atoms with Gasteiger partial charge in [0.25, 0.3) is 0 Å². The second-order valence-corrected chi connectivity index (χ2v) is 10.1. The third kappa shape index (κ3) is 3.48. The molecule has 2 aliphatic rings. The van der Waals surface area contributed by atoms with E-state index in [0.717, 1.165) is 42.3 Å². The zero-order valence-electron chi connectivity index (χ0n) is 15.1. The van der Waals surface area contributed by atoms with Crippen molar-refractivity contribution < 1.29 is 9.15 Å². The van der Waals surface area contributed by atoms with Crippen molar-refractivity contribution in [3.05, 3.63) is 35.1 Å². The van der Waals surface area contributed by atoms with Gasteiger partial charge in [-0.3, -0.25) is 0 Å². The largest absolute Gasteiger partial charge is 0.474 e. The highest BCUT2D eigenvalue weighted by Gasteiger charge is 2.33. The molecule has 2 aliphatic carbocycles. The summed E-state index contributed by atoms with van der Waals surface area (Å²) >= 11 is 4.27. The number of fused-ring (bicyclic) bond motifs is 3. The Labute approximate surface area is 176 Å². The fourth-order valence-corrected chi connectivity index (χ4v) is 6.60. The van der Waals surface area contributed by atoms with Crippen LogP contribution in [0, 0.1) is 0 Å². The Morgan fingerprint density at radius 3 is 2.89 bits per heavy atom. The number of aromatic nitrogens is 3. The monoisotopic (exact) mass is 495 g/mol. The molecule has 1 saturated carbocycles. The van der Waals surface area contributed by atoms with Crippen LogP contribution < -0.4 is 4.74 Å². The summed E-state index contributed by atoms with van der Waals surface area (Å²) in [6.45, 7) is 0. The van der Waals surface area contributed by atoms with Crippen molar-refractivity contribution >= 4 is 44.1 Å². The number of hydrogen-bond acceptors (Lipinski definition) is 6. The predicted molar refractivity (Wildman–Crippen MR) is 114 cm³/mol. The highest BCUT2D eigenvalue weighted by atomic mass is 127. The van der Waals surface area contributed by atoms with Crippen molar-refractivity contribution in [2.24, 2.45) is 0 Å². The Balaban J connectivity index is 1.46. The van der Waals surface area contributed by atoms with Crippen LogP contribution in [0.1, 0.15) is 71.1 Å². The lowest BCUT2D eigenvalue weighted by Crippen LogP contribution is -2.20. The van der Waals surface area contributed by atoms with Crippen LogP contribution in [0.15, 0.2) is 23.2 Å². The van der Waals surface area contributed by atoms with Gasteiger partial charge in [-0.05, 0) is 56.4 Å². The van der Waals surface area contributed by atoms with Crippen LogP contribution in [0.25, 0.3) is 10.2 Å². The number of nitrogens with zero attached hydrogens (tertiary/aromatic N) is 3. The molecule has 0 bridgehead atoms. The number of hydrogen-bond donors (Lipinski definition) is 0. The maximum atomic E-state index is 6.40. The van der Waals surface area contributed by atoms with Crippen molar-refractivity contribution in [1.29, 1.82) is 0 Å². The van der Waals surface area contributed by atoms with E-state index in [2.05, 4.69) is 37.5 Å². The van der Waals surface area contributed by atoms with Gasteiger partial charge in [0.2, 0.25) is 11.8 Å². The van der Waals surface area contributed by atoms with Crippen LogP contribution in [0.5, 0.6) is 5.88 Å². The Hall–Kier alpha value is -1.22. The van der Waals surface area contributed by atoms with Crippen molar-refractivity contribution in [1.82, 2.24) is 15.0 Å². The van der Waals surface area contributed by atoms with Crippen LogP contribution in [-0.4, -0.2) is 21.1 Å². The van der Waals surface area contributed by atoms with Crippen molar-refractivity contribution in [2.75, 3.05) is 0 Å². The Morgan fingerprint density at radius 1 is 1.19 bits per heavy atom. The molecule has 0 N–H and O–H groups in total. The minimum Gasteiger partial charge on any atom is -0.474 e. The molecule has 1 fully saturated rings. The van der Waals surface area contributed by atoms with Gasteiger partial charge in [-0.1, -0.05) is 29.0 Å². The number of aryl methyl sites for hydroxylation is 1. The van der Waals surface area contributed by atoms with Gasteiger partial charge in [-0.2, -0.15) is 0 Å². The molecule has 27 heavy (non-hydrogen) atoms. The molecule has 5 nitrogen and oxygen atoms in total. The molecule has 2 atom stereocenters. The quantitative estimate of drug-likeness (QED) is 0.322. The summed E-state index contributed by atoms with van der Waals surface area (Å²) in [6.07, 6.45) is 14.8. The molecule has 1 unspecified atom stereocenters. The normalized spacial score (nSPS) is 21.4. The first-order valence-electron chi connectivity index (χ1n) is 9.76. The molecule has 0 saturated heterocycles. The minimum atomic E-state index is 0.274. The zero-order valence-corrected chi connectivity index (χ0v) is 18.0. The zero-order chi connectivity index (χ0) is 18.2. The molecule has 0 radical (unpaired) electrons. The van der Waals surface area contributed by atoms with E-state index in [1.54, 1.807) is 18.8 Å². The smallest absolute Gasteiger partial charge is 0.225 e. The van der Waals surface area contributed by atoms with E-state index >= 15 is 0 Å². The fraction of sp³-hybridized carbons (Fsp3) is 0.550. The summed E-state index contributed by atoms with van der Waals surface area (Å²) in [5, 5.41) is 1.17. The van der Waals surface area contributed by atoms with Gasteiger partial charge >= 0.3 is 0 Å². The number of ether oxygens (including phenoxy) is 1. The van der Waals surface area contributed by atoms with Crippen molar-refractivity contribution in [3.8, 4) is 5.88 Å². The second-order valence-electron chi connectivity index (χ2n) is 7.48. The number of thiophene rings is 1. The summed E-state index contributed by atoms with van der Waals surface area (Å²) in [4.78, 5) is 16.0. The molecule has 3 aromatic heterocycles. The van der Waals surface area contributed by atoms with Crippen LogP contribution in [0.3, 0.4) is 0 Å². The lowest BCUT2D eigenvalue weighted by atomic mass is 9.95. The van der Waals surface area contributed by atoms with Crippen LogP contribution in [0.4, 0.5) is 0 Å². The summed E-state index contributed by atoms with van der Waals surface area (Å²) in [7, 11) is 0. The van der Waals surface area contributed by atoms with E-state index in [4.69, 9.17) is 9.15 Å². The summed E-state index contributed by atoms with van der Waals surface area (Å²) < 4.78 is 12.2. The molecule has 0 aromatic carbocycles. The molecule has 142 valence electrons. The first-order valence-corrected chi connectivity index (χ1v) is 11.8. The van der Waals surface area contributed by atoms with Gasteiger partial charge in [0.15, 0.2) is 0 Å². The van der Waals surface area contributed by atoms with E-state index < -0.39 is 0 Å². The molecule has 0 spiro atoms. The fourth-order valence-electron chi connectivity index (χ4n) is 4.45. The average molecular weight is 495 g/mol. The van der Waals surface area contributed by atoms with Crippen LogP contribution in [0.2, 0.25) is 0 Å². The van der Waals surface area contributed by atoms with E-state index in [9.17, 15) is 0 Å². The maximum absolute atomic E-state index is 6.40. The van der Waals surface area contributed by atoms with E-state index in [1.807, 2.05) is 11.3 Å². The minimum absolute atomic E-state index is 0.274. The lowest BCUT2D eigenvalue weighted by molar-refractivity contribution is 0.150. The Bertz CT molecular complexity index is 921. The number of halogens is 1. The van der Waals surface area contributed by atoms with Crippen LogP contribution >= 0.6 is 33.9 Å². The van der Waals surface area contributed by atoms with E-state index in [1.165, 1.54) is 41.5 Å². The van der Waals surface area contributed by atoms with E-state index in [0.29, 0.717) is 12.0 Å². The van der Waals surface area contributed by atoms with Gasteiger partial charge < -0.3 is 9.15 Å². The molecule has 3 aromatic rings. The first-order chi connectivity index (χ1) is 13.3. The third-order valence-corrected chi connectivity index (χ3v) is 7.95. The maximum Gasteiger partial charge on any atom is 0.225 e. The SMILES string of the molecule is IC(C[C@H]1CCc2sc3ncnc(OC4CCCCC4)c3c21)c1ncco1. The number of alkyl halides is 1. The Kier molecular flexibility index (Phi) is 5.06. The van der Waals surface area contributed by atoms with Gasteiger partial charge in [0, 0.05) is 4.88 Å². The molecule has 0 amide bonds. The van der Waals surface area contributed by atoms with E-state index in [-0.39, 0.29) is 3.92 Å². The highest BCUT2D eigenvalue weighted by molar-refractivity contribution is 14.1. The van der Waals surface area contributed by atoms with Gasteiger partial charge in [-0.25, -0.2) is 15.0 Å². The second kappa shape index (κ2) is 7.66. The van der Waals surface area contributed by atoms with Gasteiger partial charge in [0.05, 0.1) is 15.5 Å². The highest BCUT2D eigenvalue weighted by Crippen LogP contribution is 2.49. The number of rotatable bonds is 5. The van der Waals surface area contributed by atoms with Crippen LogP contribution in [-0.2, 0) is 6.42 Å². The summed E-state index contributed by atoms with van der Waals surface area (Å²) in [6, 6.07) is 0. The van der Waals surface area contributed by atoms with Gasteiger partial charge in [0.1, 0.15) is 23.5 Å². The summed E-state index contributed by atoms with van der Waals surface area (Å²) in [5.41, 5.74) is 1.43. The molecular weight excluding hydrogens is 473 g/mol. The molecule has 5 rings (SSSR count). The number of oxazole rings is 1. The molecule has 0 aliphatic heterocycles. The Morgan fingerprint density at radius 2 is 2.07 bits per heavy atom. The predicted octanol–water partition coefficient (Wildman–Crippen LogP) is 5.99. The molecule has 3 heterocycles. The standard InChI is InChI=1S/C20H22IN3O2S/c21-14(18-22-8-9-25-18)10-12-6-7-15-16(12)17-19(23-11-24-20(17)27-15)26-13-4-2-1-3-5-13/h8-9,11-14H,1-7,10H2/t12-,14?/m1/s1. The van der Waals surface area contributed by atoms with Gasteiger partial charge in [-0.15, -0.1) is 11.3 Å². The molecular formula is C20H22IN3O2S. The average Bonchev–Trinajstić information content (AvgIpc) is 3.40.